The fraction of sp³-hybridized carbons (Fsp3) is 0.429. The Morgan fingerprint density at radius 3 is 3.05 bits per heavy atom. The first-order valence-electron chi connectivity index (χ1n) is 6.82. The van der Waals surface area contributed by atoms with Gasteiger partial charge in [-0.2, -0.15) is 0 Å². The molecule has 0 unspecified atom stereocenters. The lowest BCUT2D eigenvalue weighted by Crippen LogP contribution is -2.28. The molecule has 2 aliphatic heterocycles. The Bertz CT molecular complexity index is 526. The van der Waals surface area contributed by atoms with Crippen molar-refractivity contribution < 1.29 is 14.3 Å². The van der Waals surface area contributed by atoms with Crippen LogP contribution in [-0.4, -0.2) is 37.7 Å². The molecule has 0 saturated carbocycles. The van der Waals surface area contributed by atoms with Crippen molar-refractivity contribution in [2.75, 3.05) is 29.9 Å². The highest BCUT2D eigenvalue weighted by Crippen LogP contribution is 2.22. The number of urea groups is 1. The Balaban J connectivity index is 1.70. The van der Waals surface area contributed by atoms with Crippen LogP contribution < -0.4 is 15.5 Å². The molecule has 6 heteroatoms. The molecule has 0 aliphatic carbocycles. The molecule has 0 spiro atoms. The lowest BCUT2D eigenvalue weighted by Gasteiger charge is -2.16. The Hall–Kier alpha value is -2.08. The molecule has 3 rings (SSSR count). The lowest BCUT2D eigenvalue weighted by molar-refractivity contribution is -0.124. The van der Waals surface area contributed by atoms with Crippen molar-refractivity contribution in [1.82, 2.24) is 5.32 Å². The molecule has 2 saturated heterocycles. The smallest absolute Gasteiger partial charge is 0.321 e. The van der Waals surface area contributed by atoms with E-state index in [9.17, 15) is 9.59 Å². The standard InChI is InChI=1S/C14H17N3O3/c18-13(12-5-2-8-20-12)16-10-3-1-4-11(9-10)17-7-6-15-14(17)19/h1,3-4,9,12H,2,5-8H2,(H,15,19)(H,16,18)/t12-/m1/s1. The number of hydrogen-bond acceptors (Lipinski definition) is 3. The number of hydrogen-bond donors (Lipinski definition) is 2. The molecule has 1 aromatic carbocycles. The van der Waals surface area contributed by atoms with Gasteiger partial charge in [0.15, 0.2) is 0 Å². The first-order chi connectivity index (χ1) is 9.74. The summed E-state index contributed by atoms with van der Waals surface area (Å²) in [5.41, 5.74) is 1.47. The predicted molar refractivity (Wildman–Crippen MR) is 74.8 cm³/mol. The molecular formula is C14H17N3O3. The van der Waals surface area contributed by atoms with Gasteiger partial charge in [0.2, 0.25) is 0 Å². The van der Waals surface area contributed by atoms with Gasteiger partial charge in [0, 0.05) is 31.1 Å². The second kappa shape index (κ2) is 5.50. The van der Waals surface area contributed by atoms with Gasteiger partial charge in [-0.15, -0.1) is 0 Å². The third-order valence-electron chi connectivity index (χ3n) is 3.50. The fourth-order valence-electron chi connectivity index (χ4n) is 2.48. The molecular weight excluding hydrogens is 258 g/mol. The monoisotopic (exact) mass is 275 g/mol. The molecule has 0 bridgehead atoms. The van der Waals surface area contributed by atoms with Crippen LogP contribution in [0, 0.1) is 0 Å². The maximum Gasteiger partial charge on any atom is 0.321 e. The maximum atomic E-state index is 12.0. The van der Waals surface area contributed by atoms with Gasteiger partial charge in [-0.25, -0.2) is 4.79 Å². The van der Waals surface area contributed by atoms with Gasteiger partial charge in [0.25, 0.3) is 5.91 Å². The summed E-state index contributed by atoms with van der Waals surface area (Å²) in [5, 5.41) is 5.59. The van der Waals surface area contributed by atoms with Gasteiger partial charge in [0.1, 0.15) is 6.10 Å². The molecule has 20 heavy (non-hydrogen) atoms. The van der Waals surface area contributed by atoms with Crippen LogP contribution in [0.2, 0.25) is 0 Å². The summed E-state index contributed by atoms with van der Waals surface area (Å²) in [6.07, 6.45) is 1.33. The zero-order valence-corrected chi connectivity index (χ0v) is 11.1. The van der Waals surface area contributed by atoms with Crippen LogP contribution in [-0.2, 0) is 9.53 Å². The van der Waals surface area contributed by atoms with E-state index in [1.54, 1.807) is 11.0 Å². The minimum Gasteiger partial charge on any atom is -0.368 e. The molecule has 1 aromatic rings. The molecule has 2 N–H and O–H groups in total. The molecule has 6 nitrogen and oxygen atoms in total. The number of anilines is 2. The zero-order chi connectivity index (χ0) is 13.9. The number of benzene rings is 1. The summed E-state index contributed by atoms with van der Waals surface area (Å²) < 4.78 is 5.35. The number of carbonyl (C=O) groups is 2. The summed E-state index contributed by atoms with van der Waals surface area (Å²) in [6.45, 7) is 1.93. The van der Waals surface area contributed by atoms with Crippen LogP contribution in [0.4, 0.5) is 16.2 Å². The highest BCUT2D eigenvalue weighted by molar-refractivity contribution is 5.97. The van der Waals surface area contributed by atoms with E-state index >= 15 is 0 Å². The minimum atomic E-state index is -0.353. The van der Waals surface area contributed by atoms with E-state index in [0.29, 0.717) is 25.4 Å². The van der Waals surface area contributed by atoms with Crippen molar-refractivity contribution in [2.45, 2.75) is 18.9 Å². The minimum absolute atomic E-state index is 0.104. The van der Waals surface area contributed by atoms with Crippen LogP contribution in [0.1, 0.15) is 12.8 Å². The van der Waals surface area contributed by atoms with Crippen molar-refractivity contribution in [1.29, 1.82) is 0 Å². The van der Waals surface area contributed by atoms with E-state index in [2.05, 4.69) is 10.6 Å². The molecule has 0 radical (unpaired) electrons. The average molecular weight is 275 g/mol. The summed E-state index contributed by atoms with van der Waals surface area (Å²) in [5.74, 6) is -0.120. The van der Waals surface area contributed by atoms with E-state index in [1.807, 2.05) is 18.2 Å². The molecule has 1 atom stereocenters. The average Bonchev–Trinajstić information content (AvgIpc) is 3.10. The number of nitrogens with one attached hydrogen (secondary N) is 2. The lowest BCUT2D eigenvalue weighted by atomic mass is 10.2. The van der Waals surface area contributed by atoms with Crippen molar-refractivity contribution >= 4 is 23.3 Å². The Morgan fingerprint density at radius 2 is 2.35 bits per heavy atom. The molecule has 2 heterocycles. The van der Waals surface area contributed by atoms with Gasteiger partial charge >= 0.3 is 6.03 Å². The molecule has 0 aromatic heterocycles. The largest absolute Gasteiger partial charge is 0.368 e. The van der Waals surface area contributed by atoms with E-state index in [-0.39, 0.29) is 18.0 Å². The molecule has 106 valence electrons. The maximum absolute atomic E-state index is 12.0. The number of ether oxygens (including phenoxy) is 1. The van der Waals surface area contributed by atoms with E-state index < -0.39 is 0 Å². The summed E-state index contributed by atoms with van der Waals surface area (Å²) in [4.78, 5) is 25.3. The van der Waals surface area contributed by atoms with Crippen LogP contribution in [0.15, 0.2) is 24.3 Å². The van der Waals surface area contributed by atoms with Gasteiger partial charge in [-0.3, -0.25) is 9.69 Å². The Kier molecular flexibility index (Phi) is 3.56. The van der Waals surface area contributed by atoms with Crippen molar-refractivity contribution in [3.8, 4) is 0 Å². The van der Waals surface area contributed by atoms with Crippen LogP contribution in [0.25, 0.3) is 0 Å². The first kappa shape index (κ1) is 12.9. The number of carbonyl (C=O) groups excluding carboxylic acids is 2. The van der Waals surface area contributed by atoms with Crippen LogP contribution in [0.5, 0.6) is 0 Å². The fourth-order valence-corrected chi connectivity index (χ4v) is 2.48. The van der Waals surface area contributed by atoms with Crippen molar-refractivity contribution in [2.24, 2.45) is 0 Å². The van der Waals surface area contributed by atoms with Gasteiger partial charge in [-0.1, -0.05) is 6.07 Å². The Labute approximate surface area is 117 Å². The SMILES string of the molecule is O=C(Nc1cccc(N2CCNC2=O)c1)[C@H]1CCCO1. The van der Waals surface area contributed by atoms with Crippen LogP contribution in [0.3, 0.4) is 0 Å². The van der Waals surface area contributed by atoms with Crippen molar-refractivity contribution in [3.05, 3.63) is 24.3 Å². The first-order valence-corrected chi connectivity index (χ1v) is 6.82. The highest BCUT2D eigenvalue weighted by Gasteiger charge is 2.24. The third kappa shape index (κ3) is 2.60. The normalized spacial score (nSPS) is 21.9. The third-order valence-corrected chi connectivity index (χ3v) is 3.50. The molecule has 3 amide bonds. The summed E-state index contributed by atoms with van der Waals surface area (Å²) >= 11 is 0. The topological polar surface area (TPSA) is 70.7 Å². The molecule has 2 aliphatic rings. The Morgan fingerprint density at radius 1 is 1.45 bits per heavy atom. The summed E-state index contributed by atoms with van der Waals surface area (Å²) in [6, 6.07) is 7.19. The number of nitrogens with zero attached hydrogens (tertiary/aromatic N) is 1. The van der Waals surface area contributed by atoms with Crippen LogP contribution >= 0.6 is 0 Å². The number of rotatable bonds is 3. The quantitative estimate of drug-likeness (QED) is 0.874. The van der Waals surface area contributed by atoms with Gasteiger partial charge in [-0.05, 0) is 31.0 Å². The van der Waals surface area contributed by atoms with Crippen molar-refractivity contribution in [3.63, 3.8) is 0 Å². The predicted octanol–water partition coefficient (Wildman–Crippen LogP) is 1.33. The van der Waals surface area contributed by atoms with Gasteiger partial charge in [0.05, 0.1) is 0 Å². The van der Waals surface area contributed by atoms with Gasteiger partial charge < -0.3 is 15.4 Å². The zero-order valence-electron chi connectivity index (χ0n) is 11.1. The van der Waals surface area contributed by atoms with E-state index in [1.165, 1.54) is 0 Å². The van der Waals surface area contributed by atoms with E-state index in [4.69, 9.17) is 4.74 Å². The number of amides is 3. The second-order valence-electron chi connectivity index (χ2n) is 4.92. The highest BCUT2D eigenvalue weighted by atomic mass is 16.5. The molecule has 2 fully saturated rings. The van der Waals surface area contributed by atoms with E-state index in [0.717, 1.165) is 18.5 Å². The second-order valence-corrected chi connectivity index (χ2v) is 4.92. The summed E-state index contributed by atoms with van der Waals surface area (Å²) in [7, 11) is 0.